The fourth-order valence-electron chi connectivity index (χ4n) is 3.15. The summed E-state index contributed by atoms with van der Waals surface area (Å²) >= 11 is 0. The smallest absolute Gasteiger partial charge is 0.257 e. The number of aliphatic hydroxyl groups is 1. The summed E-state index contributed by atoms with van der Waals surface area (Å²) in [5.74, 6) is 1.06. The molecule has 5 nitrogen and oxygen atoms in total. The molecule has 21 heavy (non-hydrogen) atoms. The van der Waals surface area contributed by atoms with Crippen LogP contribution in [-0.4, -0.2) is 53.2 Å². The third-order valence-electron chi connectivity index (χ3n) is 4.63. The lowest BCUT2D eigenvalue weighted by molar-refractivity contribution is 0.0249. The van der Waals surface area contributed by atoms with Gasteiger partial charge in [-0.25, -0.2) is 4.98 Å². The van der Waals surface area contributed by atoms with E-state index in [2.05, 4.69) is 9.88 Å². The number of carbonyl (C=O) groups excluding carboxylic acids is 1. The molecule has 0 aromatic carbocycles. The van der Waals surface area contributed by atoms with Crippen LogP contribution in [0.2, 0.25) is 0 Å². The lowest BCUT2D eigenvalue weighted by Gasteiger charge is -2.34. The molecule has 2 atom stereocenters. The monoisotopic (exact) mass is 289 g/mol. The maximum Gasteiger partial charge on any atom is 0.257 e. The summed E-state index contributed by atoms with van der Waals surface area (Å²) < 4.78 is 0. The Morgan fingerprint density at radius 2 is 2.10 bits per heavy atom. The molecule has 3 rings (SSSR count). The lowest BCUT2D eigenvalue weighted by Crippen LogP contribution is -2.46. The number of carbonyl (C=O) groups is 1. The zero-order valence-electron chi connectivity index (χ0n) is 12.5. The summed E-state index contributed by atoms with van der Waals surface area (Å²) in [6.45, 7) is 5.11. The van der Waals surface area contributed by atoms with Crippen LogP contribution < -0.4 is 4.90 Å². The second-order valence-corrected chi connectivity index (χ2v) is 6.15. The molecule has 114 valence electrons. The number of amides is 1. The molecule has 2 saturated heterocycles. The number of aliphatic hydroxyl groups excluding tert-OH is 1. The van der Waals surface area contributed by atoms with Gasteiger partial charge in [0.2, 0.25) is 0 Å². The minimum absolute atomic E-state index is 0.00375. The van der Waals surface area contributed by atoms with E-state index in [1.54, 1.807) is 11.1 Å². The Morgan fingerprint density at radius 1 is 1.33 bits per heavy atom. The lowest BCUT2D eigenvalue weighted by atomic mass is 9.95. The first-order valence-corrected chi connectivity index (χ1v) is 7.84. The molecule has 1 N–H and O–H groups in total. The highest BCUT2D eigenvalue weighted by atomic mass is 16.3. The van der Waals surface area contributed by atoms with Crippen LogP contribution in [-0.2, 0) is 0 Å². The van der Waals surface area contributed by atoms with E-state index >= 15 is 0 Å². The van der Waals surface area contributed by atoms with Gasteiger partial charge in [0.15, 0.2) is 0 Å². The van der Waals surface area contributed by atoms with Crippen LogP contribution in [0, 0.1) is 5.92 Å². The van der Waals surface area contributed by atoms with E-state index in [4.69, 9.17) is 0 Å². The molecule has 1 aromatic heterocycles. The van der Waals surface area contributed by atoms with Crippen LogP contribution in [0.25, 0.3) is 0 Å². The van der Waals surface area contributed by atoms with Gasteiger partial charge in [0.05, 0.1) is 11.7 Å². The van der Waals surface area contributed by atoms with Gasteiger partial charge in [-0.3, -0.25) is 4.79 Å². The molecule has 2 unspecified atom stereocenters. The molecule has 2 aliphatic rings. The van der Waals surface area contributed by atoms with Crippen molar-refractivity contribution >= 4 is 11.7 Å². The van der Waals surface area contributed by atoms with Gasteiger partial charge in [-0.1, -0.05) is 6.92 Å². The van der Waals surface area contributed by atoms with E-state index in [9.17, 15) is 9.90 Å². The van der Waals surface area contributed by atoms with E-state index in [0.29, 0.717) is 18.7 Å². The summed E-state index contributed by atoms with van der Waals surface area (Å²) in [4.78, 5) is 21.2. The molecular formula is C16H23N3O2. The predicted octanol–water partition coefficient (Wildman–Crippen LogP) is 1.52. The Bertz CT molecular complexity index is 514. The van der Waals surface area contributed by atoms with Crippen molar-refractivity contribution in [2.24, 2.45) is 5.92 Å². The fraction of sp³-hybridized carbons (Fsp3) is 0.625. The fourth-order valence-corrected chi connectivity index (χ4v) is 3.15. The molecule has 0 spiro atoms. The molecule has 2 aliphatic heterocycles. The Labute approximate surface area is 125 Å². The van der Waals surface area contributed by atoms with Gasteiger partial charge in [-0.2, -0.15) is 0 Å². The number of pyridine rings is 1. The van der Waals surface area contributed by atoms with Crippen molar-refractivity contribution in [2.45, 2.75) is 32.3 Å². The van der Waals surface area contributed by atoms with Crippen molar-refractivity contribution in [3.05, 3.63) is 23.9 Å². The average Bonchev–Trinajstić information content (AvgIpc) is 3.03. The van der Waals surface area contributed by atoms with Gasteiger partial charge in [0.1, 0.15) is 5.82 Å². The first-order valence-electron chi connectivity index (χ1n) is 7.84. The molecule has 5 heteroatoms. The topological polar surface area (TPSA) is 56.7 Å². The van der Waals surface area contributed by atoms with Gasteiger partial charge in [-0.05, 0) is 37.3 Å². The maximum atomic E-state index is 12.8. The van der Waals surface area contributed by atoms with Crippen molar-refractivity contribution in [1.29, 1.82) is 0 Å². The number of piperidine rings is 1. The van der Waals surface area contributed by atoms with Gasteiger partial charge in [0, 0.05) is 32.4 Å². The molecule has 1 amide bonds. The first-order chi connectivity index (χ1) is 10.2. The summed E-state index contributed by atoms with van der Waals surface area (Å²) in [6, 6.07) is 3.67. The number of rotatable bonds is 2. The molecule has 3 heterocycles. The van der Waals surface area contributed by atoms with Gasteiger partial charge in [0.25, 0.3) is 5.91 Å². The largest absolute Gasteiger partial charge is 0.391 e. The van der Waals surface area contributed by atoms with Crippen molar-refractivity contribution in [2.75, 3.05) is 31.1 Å². The number of aromatic nitrogens is 1. The Kier molecular flexibility index (Phi) is 4.10. The van der Waals surface area contributed by atoms with Crippen LogP contribution in [0.15, 0.2) is 18.3 Å². The Morgan fingerprint density at radius 3 is 2.81 bits per heavy atom. The van der Waals surface area contributed by atoms with E-state index in [-0.39, 0.29) is 11.8 Å². The number of anilines is 1. The van der Waals surface area contributed by atoms with Crippen molar-refractivity contribution in [1.82, 2.24) is 9.88 Å². The standard InChI is InChI=1S/C16H23N3O2/c1-12-6-10-19(11-14(12)20)16(21)13-5-4-7-17-15(13)18-8-2-3-9-18/h4-5,7,12,14,20H,2-3,6,8-11H2,1H3. The second kappa shape index (κ2) is 6.02. The zero-order chi connectivity index (χ0) is 14.8. The SMILES string of the molecule is CC1CCN(C(=O)c2cccnc2N2CCCC2)CC1O. The highest BCUT2D eigenvalue weighted by molar-refractivity contribution is 5.99. The normalized spacial score (nSPS) is 26.2. The predicted molar refractivity (Wildman–Crippen MR) is 81.4 cm³/mol. The van der Waals surface area contributed by atoms with Crippen molar-refractivity contribution in [3.63, 3.8) is 0 Å². The molecule has 2 fully saturated rings. The van der Waals surface area contributed by atoms with Crippen LogP contribution in [0.4, 0.5) is 5.82 Å². The number of likely N-dealkylation sites (tertiary alicyclic amines) is 1. The maximum absolute atomic E-state index is 12.8. The number of β-amino-alcohol motifs (C(OH)–C–C–N with tert-alkyl or cyclic N) is 1. The van der Waals surface area contributed by atoms with E-state index in [1.807, 2.05) is 19.1 Å². The first kappa shape index (κ1) is 14.3. The Balaban J connectivity index is 1.81. The van der Waals surface area contributed by atoms with E-state index in [1.165, 1.54) is 0 Å². The van der Waals surface area contributed by atoms with Crippen LogP contribution in [0.5, 0.6) is 0 Å². The highest BCUT2D eigenvalue weighted by Crippen LogP contribution is 2.25. The highest BCUT2D eigenvalue weighted by Gasteiger charge is 2.30. The van der Waals surface area contributed by atoms with Gasteiger partial charge in [-0.15, -0.1) is 0 Å². The van der Waals surface area contributed by atoms with Crippen molar-refractivity contribution < 1.29 is 9.90 Å². The minimum atomic E-state index is -0.422. The quantitative estimate of drug-likeness (QED) is 0.897. The third kappa shape index (κ3) is 2.88. The zero-order valence-corrected chi connectivity index (χ0v) is 12.5. The number of nitrogens with zero attached hydrogens (tertiary/aromatic N) is 3. The molecule has 0 radical (unpaired) electrons. The van der Waals surface area contributed by atoms with E-state index < -0.39 is 6.10 Å². The average molecular weight is 289 g/mol. The molecule has 1 aromatic rings. The summed E-state index contributed by atoms with van der Waals surface area (Å²) in [6.07, 6.45) is 4.49. The van der Waals surface area contributed by atoms with Crippen LogP contribution in [0.1, 0.15) is 36.5 Å². The molecule has 0 aliphatic carbocycles. The van der Waals surface area contributed by atoms with Crippen LogP contribution >= 0.6 is 0 Å². The summed E-state index contributed by atoms with van der Waals surface area (Å²) in [5, 5.41) is 10.0. The third-order valence-corrected chi connectivity index (χ3v) is 4.63. The number of hydrogen-bond donors (Lipinski definition) is 1. The van der Waals surface area contributed by atoms with Crippen molar-refractivity contribution in [3.8, 4) is 0 Å². The summed E-state index contributed by atoms with van der Waals surface area (Å²) in [7, 11) is 0. The second-order valence-electron chi connectivity index (χ2n) is 6.15. The molecule has 0 bridgehead atoms. The molecular weight excluding hydrogens is 266 g/mol. The minimum Gasteiger partial charge on any atom is -0.391 e. The summed E-state index contributed by atoms with van der Waals surface area (Å²) in [5.41, 5.74) is 0.668. The van der Waals surface area contributed by atoms with Gasteiger partial charge >= 0.3 is 0 Å². The molecule has 0 saturated carbocycles. The van der Waals surface area contributed by atoms with Gasteiger partial charge < -0.3 is 14.9 Å². The number of hydrogen-bond acceptors (Lipinski definition) is 4. The van der Waals surface area contributed by atoms with Crippen LogP contribution in [0.3, 0.4) is 0 Å². The Hall–Kier alpha value is -1.62. The van der Waals surface area contributed by atoms with E-state index in [0.717, 1.165) is 38.2 Å².